The van der Waals surface area contributed by atoms with Crippen LogP contribution in [0.5, 0.6) is 0 Å². The van der Waals surface area contributed by atoms with E-state index in [4.69, 9.17) is 22.1 Å². The largest absolute Gasteiger partial charge is 0.381 e. The van der Waals surface area contributed by atoms with Crippen LogP contribution in [0.25, 0.3) is 0 Å². The number of halogens is 1. The Hall–Kier alpha value is -0.620. The van der Waals surface area contributed by atoms with Gasteiger partial charge in [-0.05, 0) is 32.9 Å². The summed E-state index contributed by atoms with van der Waals surface area (Å²) in [6.07, 6.45) is 3.70. The summed E-state index contributed by atoms with van der Waals surface area (Å²) in [5.74, 6) is 0.545. The fourth-order valence-corrected chi connectivity index (χ4v) is 2.73. The number of ether oxygens (including phenoxy) is 1. The molecule has 1 aromatic heterocycles. The van der Waals surface area contributed by atoms with Crippen molar-refractivity contribution in [2.75, 3.05) is 33.9 Å². The van der Waals surface area contributed by atoms with Crippen LogP contribution in [0.15, 0.2) is 6.20 Å². The lowest BCUT2D eigenvalue weighted by molar-refractivity contribution is 0.182. The molecule has 0 spiro atoms. The molecule has 2 N–H and O–H groups in total. The molecule has 19 heavy (non-hydrogen) atoms. The third-order valence-corrected chi connectivity index (χ3v) is 3.85. The molecule has 0 aromatic carbocycles. The van der Waals surface area contributed by atoms with Crippen molar-refractivity contribution >= 4 is 11.6 Å². The average Bonchev–Trinajstić information content (AvgIpc) is 2.96. The second kappa shape index (κ2) is 6.70. The van der Waals surface area contributed by atoms with Crippen molar-refractivity contribution in [3.8, 4) is 0 Å². The van der Waals surface area contributed by atoms with Gasteiger partial charge < -0.3 is 15.4 Å². The number of hydrogen-bond donors (Lipinski definition) is 1. The molecular weight excluding hydrogens is 264 g/mol. The molecule has 0 radical (unpaired) electrons. The monoisotopic (exact) mass is 286 g/mol. The predicted octanol–water partition coefficient (Wildman–Crippen LogP) is 1.52. The van der Waals surface area contributed by atoms with Crippen LogP contribution in [0.4, 0.5) is 0 Å². The molecule has 1 aliphatic rings. The number of hydrogen-bond acceptors (Lipinski definition) is 4. The fourth-order valence-electron chi connectivity index (χ4n) is 2.45. The first-order chi connectivity index (χ1) is 9.08. The van der Waals surface area contributed by atoms with Crippen molar-refractivity contribution in [2.45, 2.75) is 25.4 Å². The van der Waals surface area contributed by atoms with E-state index in [1.165, 1.54) is 0 Å². The van der Waals surface area contributed by atoms with Crippen molar-refractivity contribution in [1.82, 2.24) is 14.7 Å². The first-order valence-corrected chi connectivity index (χ1v) is 7.15. The molecule has 1 aliphatic heterocycles. The summed E-state index contributed by atoms with van der Waals surface area (Å²) in [6.45, 7) is 3.40. The molecule has 0 amide bonds. The molecule has 2 heterocycles. The molecule has 0 aliphatic carbocycles. The SMILES string of the molecule is CN(C)CCn1ncc(Cl)c1C(N)CC1CCOC1. The van der Waals surface area contributed by atoms with E-state index in [1.54, 1.807) is 6.20 Å². The van der Waals surface area contributed by atoms with Gasteiger partial charge in [0.2, 0.25) is 0 Å². The van der Waals surface area contributed by atoms with Crippen LogP contribution in [-0.2, 0) is 11.3 Å². The molecule has 1 fully saturated rings. The van der Waals surface area contributed by atoms with E-state index in [9.17, 15) is 0 Å². The molecule has 1 aromatic rings. The summed E-state index contributed by atoms with van der Waals surface area (Å²) in [5.41, 5.74) is 7.27. The number of aromatic nitrogens is 2. The average molecular weight is 287 g/mol. The Morgan fingerprint density at radius 1 is 1.63 bits per heavy atom. The van der Waals surface area contributed by atoms with Crippen molar-refractivity contribution in [2.24, 2.45) is 11.7 Å². The molecule has 6 heteroatoms. The molecular formula is C13H23ClN4O. The van der Waals surface area contributed by atoms with Gasteiger partial charge >= 0.3 is 0 Å². The Labute approximate surface area is 119 Å². The van der Waals surface area contributed by atoms with E-state index in [2.05, 4.69) is 10.00 Å². The number of rotatable bonds is 6. The predicted molar refractivity (Wildman–Crippen MR) is 76.3 cm³/mol. The Morgan fingerprint density at radius 3 is 3.05 bits per heavy atom. The topological polar surface area (TPSA) is 56.3 Å². The van der Waals surface area contributed by atoms with Gasteiger partial charge in [0.15, 0.2) is 0 Å². The number of nitrogens with zero attached hydrogens (tertiary/aromatic N) is 3. The quantitative estimate of drug-likeness (QED) is 0.862. The third kappa shape index (κ3) is 3.92. The highest BCUT2D eigenvalue weighted by molar-refractivity contribution is 6.31. The number of nitrogens with two attached hydrogens (primary N) is 1. The van der Waals surface area contributed by atoms with E-state index < -0.39 is 0 Å². The first kappa shape index (κ1) is 14.8. The van der Waals surface area contributed by atoms with Gasteiger partial charge in [-0.2, -0.15) is 5.10 Å². The maximum atomic E-state index is 6.31. The molecule has 2 unspecified atom stereocenters. The first-order valence-electron chi connectivity index (χ1n) is 6.77. The normalized spacial score (nSPS) is 21.2. The van der Waals surface area contributed by atoms with Crippen molar-refractivity contribution in [3.63, 3.8) is 0 Å². The van der Waals surface area contributed by atoms with Crippen LogP contribution in [0.3, 0.4) is 0 Å². The van der Waals surface area contributed by atoms with E-state index >= 15 is 0 Å². The molecule has 1 saturated heterocycles. The lowest BCUT2D eigenvalue weighted by atomic mass is 9.98. The minimum absolute atomic E-state index is 0.0659. The van der Waals surface area contributed by atoms with Crippen molar-refractivity contribution < 1.29 is 4.74 Å². The second-order valence-corrected chi connectivity index (χ2v) is 5.88. The molecule has 108 valence electrons. The zero-order valence-corrected chi connectivity index (χ0v) is 12.4. The van der Waals surface area contributed by atoms with Crippen LogP contribution in [-0.4, -0.2) is 48.5 Å². The Kier molecular flexibility index (Phi) is 5.21. The smallest absolute Gasteiger partial charge is 0.0834 e. The summed E-state index contributed by atoms with van der Waals surface area (Å²) in [6, 6.07) is -0.0659. The molecule has 0 bridgehead atoms. The number of likely N-dealkylation sites (N-methyl/N-ethyl adjacent to an activating group) is 1. The van der Waals surface area contributed by atoms with Gasteiger partial charge in [0.1, 0.15) is 0 Å². The molecule has 0 saturated carbocycles. The minimum Gasteiger partial charge on any atom is -0.381 e. The maximum Gasteiger partial charge on any atom is 0.0834 e. The van der Waals surface area contributed by atoms with Crippen LogP contribution >= 0.6 is 11.6 Å². The van der Waals surface area contributed by atoms with Crippen LogP contribution in [0.1, 0.15) is 24.6 Å². The van der Waals surface area contributed by atoms with Gasteiger partial charge in [-0.25, -0.2) is 0 Å². The van der Waals surface area contributed by atoms with E-state index in [-0.39, 0.29) is 6.04 Å². The lowest BCUT2D eigenvalue weighted by Gasteiger charge is -2.19. The van der Waals surface area contributed by atoms with Gasteiger partial charge in [-0.1, -0.05) is 11.6 Å². The Balaban J connectivity index is 2.02. The fraction of sp³-hybridized carbons (Fsp3) is 0.769. The van der Waals surface area contributed by atoms with Gasteiger partial charge in [-0.15, -0.1) is 0 Å². The second-order valence-electron chi connectivity index (χ2n) is 5.48. The lowest BCUT2D eigenvalue weighted by Crippen LogP contribution is -2.24. The molecule has 5 nitrogen and oxygen atoms in total. The summed E-state index contributed by atoms with van der Waals surface area (Å²) in [4.78, 5) is 2.12. The highest BCUT2D eigenvalue weighted by Gasteiger charge is 2.23. The van der Waals surface area contributed by atoms with Crippen LogP contribution in [0.2, 0.25) is 5.02 Å². The minimum atomic E-state index is -0.0659. The zero-order chi connectivity index (χ0) is 13.8. The van der Waals surface area contributed by atoms with E-state index in [1.807, 2.05) is 18.8 Å². The van der Waals surface area contributed by atoms with Crippen LogP contribution < -0.4 is 5.73 Å². The Bertz CT molecular complexity index is 401. The van der Waals surface area contributed by atoms with Crippen LogP contribution in [0, 0.1) is 5.92 Å². The van der Waals surface area contributed by atoms with Crippen molar-refractivity contribution in [3.05, 3.63) is 16.9 Å². The summed E-state index contributed by atoms with van der Waals surface area (Å²) in [7, 11) is 4.08. The van der Waals surface area contributed by atoms with Gasteiger partial charge in [0.05, 0.1) is 23.5 Å². The summed E-state index contributed by atoms with van der Waals surface area (Å²) >= 11 is 6.23. The zero-order valence-electron chi connectivity index (χ0n) is 11.7. The summed E-state index contributed by atoms with van der Waals surface area (Å²) < 4.78 is 7.33. The van der Waals surface area contributed by atoms with E-state index in [0.29, 0.717) is 10.9 Å². The van der Waals surface area contributed by atoms with Gasteiger partial charge in [0.25, 0.3) is 0 Å². The summed E-state index contributed by atoms with van der Waals surface area (Å²) in [5, 5.41) is 5.00. The highest BCUT2D eigenvalue weighted by atomic mass is 35.5. The third-order valence-electron chi connectivity index (χ3n) is 3.55. The molecule has 2 atom stereocenters. The van der Waals surface area contributed by atoms with Gasteiger partial charge in [-0.3, -0.25) is 4.68 Å². The highest BCUT2D eigenvalue weighted by Crippen LogP contribution is 2.28. The molecule has 2 rings (SSSR count). The standard InChI is InChI=1S/C13H23ClN4O/c1-17(2)4-5-18-13(11(14)8-16-18)12(15)7-10-3-6-19-9-10/h8,10,12H,3-7,9,15H2,1-2H3. The van der Waals surface area contributed by atoms with E-state index in [0.717, 1.165) is 44.8 Å². The maximum absolute atomic E-state index is 6.31. The Morgan fingerprint density at radius 2 is 2.42 bits per heavy atom. The van der Waals surface area contributed by atoms with Gasteiger partial charge in [0, 0.05) is 25.8 Å². The van der Waals surface area contributed by atoms with Crippen molar-refractivity contribution in [1.29, 1.82) is 0 Å².